The predicted molar refractivity (Wildman–Crippen MR) is 79.1 cm³/mol. The van der Waals surface area contributed by atoms with Gasteiger partial charge in [0, 0.05) is 41.6 Å². The average Bonchev–Trinajstić information content (AvgIpc) is 3.06. The van der Waals surface area contributed by atoms with Gasteiger partial charge in [0.25, 0.3) is 0 Å². The van der Waals surface area contributed by atoms with Crippen LogP contribution in [-0.2, 0) is 4.79 Å². The number of rotatable bonds is 3. The third kappa shape index (κ3) is 2.80. The molecule has 1 amide bonds. The molecule has 0 spiro atoms. The van der Waals surface area contributed by atoms with E-state index in [1.165, 1.54) is 0 Å². The zero-order valence-electron chi connectivity index (χ0n) is 11.1. The monoisotopic (exact) mass is 313 g/mol. The highest BCUT2D eigenvalue weighted by Crippen LogP contribution is 2.49. The second-order valence-corrected chi connectivity index (χ2v) is 6.65. The Morgan fingerprint density at radius 1 is 1.30 bits per heavy atom. The van der Waals surface area contributed by atoms with Crippen molar-refractivity contribution in [1.29, 1.82) is 0 Å². The highest BCUT2D eigenvalue weighted by atomic mass is 35.5. The lowest BCUT2D eigenvalue weighted by atomic mass is 10.1. The Morgan fingerprint density at radius 3 is 2.60 bits per heavy atom. The van der Waals surface area contributed by atoms with E-state index in [-0.39, 0.29) is 30.3 Å². The SMILES string of the molecule is O=C(C1CC1c1cc(Cl)cc(Cl)c1)N1CCC(CO)C1. The van der Waals surface area contributed by atoms with Gasteiger partial charge in [-0.25, -0.2) is 0 Å². The second kappa shape index (κ2) is 5.55. The quantitative estimate of drug-likeness (QED) is 0.932. The summed E-state index contributed by atoms with van der Waals surface area (Å²) in [5, 5.41) is 10.4. The first-order valence-electron chi connectivity index (χ1n) is 6.94. The summed E-state index contributed by atoms with van der Waals surface area (Å²) < 4.78 is 0. The lowest BCUT2D eigenvalue weighted by Crippen LogP contribution is -2.30. The van der Waals surface area contributed by atoms with Gasteiger partial charge in [-0.15, -0.1) is 0 Å². The summed E-state index contributed by atoms with van der Waals surface area (Å²) in [6.45, 7) is 1.63. The summed E-state index contributed by atoms with van der Waals surface area (Å²) in [6, 6.07) is 5.50. The van der Waals surface area contributed by atoms with E-state index in [0.29, 0.717) is 16.6 Å². The second-order valence-electron chi connectivity index (χ2n) is 5.77. The van der Waals surface area contributed by atoms with Crippen LogP contribution in [0.3, 0.4) is 0 Å². The molecule has 2 aliphatic rings. The topological polar surface area (TPSA) is 40.5 Å². The highest BCUT2D eigenvalue weighted by Gasteiger charge is 2.46. The molecule has 1 aliphatic carbocycles. The van der Waals surface area contributed by atoms with E-state index in [2.05, 4.69) is 0 Å². The number of halogens is 2. The zero-order chi connectivity index (χ0) is 14.3. The molecule has 1 saturated carbocycles. The largest absolute Gasteiger partial charge is 0.396 e. The Kier molecular flexibility index (Phi) is 3.93. The molecule has 20 heavy (non-hydrogen) atoms. The molecule has 3 rings (SSSR count). The predicted octanol–water partition coefficient (Wildman–Crippen LogP) is 2.94. The third-order valence-corrected chi connectivity index (χ3v) is 4.71. The van der Waals surface area contributed by atoms with Crippen molar-refractivity contribution >= 4 is 29.1 Å². The number of benzene rings is 1. The van der Waals surface area contributed by atoms with Gasteiger partial charge in [-0.05, 0) is 42.5 Å². The van der Waals surface area contributed by atoms with Crippen molar-refractivity contribution in [2.24, 2.45) is 11.8 Å². The summed E-state index contributed by atoms with van der Waals surface area (Å²) in [5.41, 5.74) is 1.05. The molecule has 3 unspecified atom stereocenters. The number of hydrogen-bond acceptors (Lipinski definition) is 2. The lowest BCUT2D eigenvalue weighted by Gasteiger charge is -2.16. The van der Waals surface area contributed by atoms with Crippen molar-refractivity contribution in [3.63, 3.8) is 0 Å². The highest BCUT2D eigenvalue weighted by molar-refractivity contribution is 6.34. The molecule has 3 nitrogen and oxygen atoms in total. The van der Waals surface area contributed by atoms with E-state index < -0.39 is 0 Å². The van der Waals surface area contributed by atoms with Crippen LogP contribution >= 0.6 is 23.2 Å². The fourth-order valence-corrected chi connectivity index (χ4v) is 3.58. The lowest BCUT2D eigenvalue weighted by molar-refractivity contribution is -0.131. The van der Waals surface area contributed by atoms with Crippen LogP contribution in [0, 0.1) is 11.8 Å². The Morgan fingerprint density at radius 2 is 2.00 bits per heavy atom. The van der Waals surface area contributed by atoms with Crippen molar-refractivity contribution in [2.45, 2.75) is 18.8 Å². The molecule has 1 aliphatic heterocycles. The van der Waals surface area contributed by atoms with E-state index in [9.17, 15) is 4.79 Å². The minimum atomic E-state index is 0.0574. The van der Waals surface area contributed by atoms with Crippen molar-refractivity contribution < 1.29 is 9.90 Å². The number of aliphatic hydroxyl groups is 1. The molecule has 5 heteroatoms. The Hall–Kier alpha value is -0.770. The van der Waals surface area contributed by atoms with Gasteiger partial charge in [0.15, 0.2) is 0 Å². The van der Waals surface area contributed by atoms with E-state index in [0.717, 1.165) is 24.9 Å². The number of likely N-dealkylation sites (tertiary alicyclic amines) is 1. The van der Waals surface area contributed by atoms with Crippen LogP contribution in [0.4, 0.5) is 0 Å². The number of hydrogen-bond donors (Lipinski definition) is 1. The van der Waals surface area contributed by atoms with Gasteiger partial charge in [-0.3, -0.25) is 4.79 Å². The number of aliphatic hydroxyl groups excluding tert-OH is 1. The normalized spacial score (nSPS) is 28.8. The van der Waals surface area contributed by atoms with Crippen molar-refractivity contribution in [3.05, 3.63) is 33.8 Å². The van der Waals surface area contributed by atoms with Crippen molar-refractivity contribution in [1.82, 2.24) is 4.90 Å². The average molecular weight is 314 g/mol. The first kappa shape index (κ1) is 14.2. The first-order valence-corrected chi connectivity index (χ1v) is 7.69. The molecule has 1 heterocycles. The van der Waals surface area contributed by atoms with Gasteiger partial charge in [-0.1, -0.05) is 23.2 Å². The Balaban J connectivity index is 1.65. The van der Waals surface area contributed by atoms with Crippen LogP contribution in [0.1, 0.15) is 24.3 Å². The zero-order valence-corrected chi connectivity index (χ0v) is 12.6. The fourth-order valence-electron chi connectivity index (χ4n) is 3.04. The van der Waals surface area contributed by atoms with Crippen molar-refractivity contribution in [2.75, 3.05) is 19.7 Å². The maximum Gasteiger partial charge on any atom is 0.226 e. The maximum absolute atomic E-state index is 12.4. The standard InChI is InChI=1S/C15H17Cl2NO2/c16-11-3-10(4-12(17)5-11)13-6-14(13)15(20)18-2-1-9(7-18)8-19/h3-5,9,13-14,19H,1-2,6-8H2. The van der Waals surface area contributed by atoms with E-state index in [4.69, 9.17) is 28.3 Å². The number of carbonyl (C=O) groups is 1. The van der Waals surface area contributed by atoms with Gasteiger partial charge in [0.05, 0.1) is 0 Å². The van der Waals surface area contributed by atoms with Gasteiger partial charge >= 0.3 is 0 Å². The molecule has 1 aromatic rings. The van der Waals surface area contributed by atoms with E-state index in [1.54, 1.807) is 6.07 Å². The van der Waals surface area contributed by atoms with Crippen LogP contribution in [0.2, 0.25) is 10.0 Å². The molecule has 0 aromatic heterocycles. The molecule has 0 radical (unpaired) electrons. The minimum absolute atomic E-state index is 0.0574. The summed E-state index contributed by atoms with van der Waals surface area (Å²) >= 11 is 12.0. The van der Waals surface area contributed by atoms with Crippen molar-refractivity contribution in [3.8, 4) is 0 Å². The molecule has 2 fully saturated rings. The first-order chi connectivity index (χ1) is 9.58. The molecule has 1 N–H and O–H groups in total. The van der Waals surface area contributed by atoms with Crippen LogP contribution in [-0.4, -0.2) is 35.6 Å². The van der Waals surface area contributed by atoms with Crippen LogP contribution in [0.5, 0.6) is 0 Å². The van der Waals surface area contributed by atoms with E-state index in [1.807, 2.05) is 17.0 Å². The Labute approximate surface area is 128 Å². The fraction of sp³-hybridized carbons (Fsp3) is 0.533. The Bertz CT molecular complexity index is 514. The van der Waals surface area contributed by atoms with Gasteiger partial charge in [-0.2, -0.15) is 0 Å². The molecular formula is C15H17Cl2NO2. The number of carbonyl (C=O) groups excluding carboxylic acids is 1. The summed E-state index contributed by atoms with van der Waals surface area (Å²) in [5.74, 6) is 0.757. The molecule has 3 atom stereocenters. The number of nitrogens with zero attached hydrogens (tertiary/aromatic N) is 1. The van der Waals surface area contributed by atoms with Gasteiger partial charge in [0.1, 0.15) is 0 Å². The van der Waals surface area contributed by atoms with Crippen LogP contribution in [0.15, 0.2) is 18.2 Å². The maximum atomic E-state index is 12.4. The molecule has 1 aromatic carbocycles. The summed E-state index contributed by atoms with van der Waals surface area (Å²) in [6.07, 6.45) is 1.78. The van der Waals surface area contributed by atoms with Gasteiger partial charge < -0.3 is 10.0 Å². The molecule has 108 valence electrons. The minimum Gasteiger partial charge on any atom is -0.396 e. The third-order valence-electron chi connectivity index (χ3n) is 4.28. The van der Waals surface area contributed by atoms with Gasteiger partial charge in [0.2, 0.25) is 5.91 Å². The molecule has 0 bridgehead atoms. The summed E-state index contributed by atoms with van der Waals surface area (Å²) in [7, 11) is 0. The number of amides is 1. The van der Waals surface area contributed by atoms with Crippen LogP contribution in [0.25, 0.3) is 0 Å². The molecule has 1 saturated heterocycles. The van der Waals surface area contributed by atoms with E-state index >= 15 is 0 Å². The van der Waals surface area contributed by atoms with Crippen LogP contribution < -0.4 is 0 Å². The summed E-state index contributed by atoms with van der Waals surface area (Å²) in [4.78, 5) is 14.3. The smallest absolute Gasteiger partial charge is 0.226 e. The molecular weight excluding hydrogens is 297 g/mol.